The van der Waals surface area contributed by atoms with Crippen LogP contribution < -0.4 is 5.32 Å². The molecule has 2 heterocycles. The van der Waals surface area contributed by atoms with Gasteiger partial charge >= 0.3 is 0 Å². The number of carbonyl (C=O) groups excluding carboxylic acids is 2. The lowest BCUT2D eigenvalue weighted by Crippen LogP contribution is -2.62. The van der Waals surface area contributed by atoms with E-state index in [1.165, 1.54) is 12.1 Å². The summed E-state index contributed by atoms with van der Waals surface area (Å²) >= 11 is 0. The molecule has 0 saturated carbocycles. The molecule has 2 aromatic carbocycles. The first-order valence-electron chi connectivity index (χ1n) is 10.6. The van der Waals surface area contributed by atoms with Gasteiger partial charge in [-0.3, -0.25) is 9.59 Å². The normalized spacial score (nSPS) is 23.5. The lowest BCUT2D eigenvalue weighted by molar-refractivity contribution is -0.169. The minimum Gasteiger partial charge on any atom is -0.368 e. The molecular weight excluding hydrogens is 399 g/mol. The number of hydrogen-bond acceptors (Lipinski definition) is 4. The molecular formula is C24H27FN2O4. The number of likely N-dealkylation sites (N-methyl/N-ethyl adjacent to an activating group) is 1. The van der Waals surface area contributed by atoms with Crippen molar-refractivity contribution in [3.8, 4) is 11.1 Å². The molecule has 0 bridgehead atoms. The van der Waals surface area contributed by atoms with Crippen LogP contribution >= 0.6 is 0 Å². The van der Waals surface area contributed by atoms with Gasteiger partial charge in [0.2, 0.25) is 0 Å². The maximum absolute atomic E-state index is 13.2. The summed E-state index contributed by atoms with van der Waals surface area (Å²) in [7, 11) is 1.58. The summed E-state index contributed by atoms with van der Waals surface area (Å²) < 4.78 is 24.7. The van der Waals surface area contributed by atoms with Gasteiger partial charge in [-0.1, -0.05) is 36.4 Å². The topological polar surface area (TPSA) is 67.9 Å². The Morgan fingerprint density at radius 1 is 1.10 bits per heavy atom. The molecule has 164 valence electrons. The third-order valence-corrected chi connectivity index (χ3v) is 5.96. The van der Waals surface area contributed by atoms with Crippen LogP contribution in [-0.2, 0) is 25.5 Å². The maximum Gasteiger partial charge on any atom is 0.254 e. The van der Waals surface area contributed by atoms with Gasteiger partial charge in [0, 0.05) is 26.6 Å². The standard InChI is InChI=1S/C24H27FN2O4/c1-26-23(29)24(16-27(12-14-31-24)22(28)21-3-2-13-30-21)15-17-4-6-18(7-5-17)19-8-10-20(25)11-9-19/h4-11,21H,2-3,12-16H2,1H3,(H,26,29)/t21-,24-/m0/s1. The van der Waals surface area contributed by atoms with Crippen LogP contribution in [0.2, 0.25) is 0 Å². The molecule has 0 spiro atoms. The van der Waals surface area contributed by atoms with E-state index in [-0.39, 0.29) is 24.2 Å². The highest BCUT2D eigenvalue weighted by Crippen LogP contribution is 2.27. The number of carbonyl (C=O) groups is 2. The van der Waals surface area contributed by atoms with Gasteiger partial charge in [0.05, 0.1) is 13.2 Å². The Bertz CT molecular complexity index is 926. The number of halogens is 1. The summed E-state index contributed by atoms with van der Waals surface area (Å²) in [6.45, 7) is 1.52. The van der Waals surface area contributed by atoms with Crippen LogP contribution in [0.3, 0.4) is 0 Å². The number of benzene rings is 2. The number of amides is 2. The van der Waals surface area contributed by atoms with E-state index in [1.54, 1.807) is 24.1 Å². The Morgan fingerprint density at radius 3 is 2.39 bits per heavy atom. The Morgan fingerprint density at radius 2 is 1.77 bits per heavy atom. The van der Waals surface area contributed by atoms with E-state index >= 15 is 0 Å². The lowest BCUT2D eigenvalue weighted by Gasteiger charge is -2.42. The first kappa shape index (κ1) is 21.5. The van der Waals surface area contributed by atoms with E-state index in [1.807, 2.05) is 24.3 Å². The van der Waals surface area contributed by atoms with E-state index in [0.29, 0.717) is 32.6 Å². The van der Waals surface area contributed by atoms with Gasteiger partial charge in [0.25, 0.3) is 11.8 Å². The van der Waals surface area contributed by atoms with Crippen LogP contribution in [0.1, 0.15) is 18.4 Å². The molecule has 2 aliphatic rings. The van der Waals surface area contributed by atoms with Gasteiger partial charge < -0.3 is 19.7 Å². The zero-order valence-electron chi connectivity index (χ0n) is 17.6. The number of rotatable bonds is 5. The zero-order chi connectivity index (χ0) is 21.8. The Labute approximate surface area is 181 Å². The van der Waals surface area contributed by atoms with Gasteiger partial charge in [-0.2, -0.15) is 0 Å². The summed E-state index contributed by atoms with van der Waals surface area (Å²) in [4.78, 5) is 27.4. The van der Waals surface area contributed by atoms with Gasteiger partial charge in [-0.05, 0) is 41.7 Å². The number of hydrogen-bond donors (Lipinski definition) is 1. The molecule has 1 N–H and O–H groups in total. The van der Waals surface area contributed by atoms with Crippen LogP contribution in [0, 0.1) is 5.82 Å². The van der Waals surface area contributed by atoms with Crippen molar-refractivity contribution >= 4 is 11.8 Å². The van der Waals surface area contributed by atoms with Crippen LogP contribution in [-0.4, -0.2) is 61.8 Å². The highest BCUT2D eigenvalue weighted by atomic mass is 19.1. The predicted molar refractivity (Wildman–Crippen MR) is 114 cm³/mol. The van der Waals surface area contributed by atoms with Crippen molar-refractivity contribution in [2.24, 2.45) is 0 Å². The molecule has 2 saturated heterocycles. The third kappa shape index (κ3) is 4.62. The Hall–Kier alpha value is -2.77. The minimum atomic E-state index is -1.15. The van der Waals surface area contributed by atoms with E-state index in [2.05, 4.69) is 5.32 Å². The molecule has 7 heteroatoms. The van der Waals surface area contributed by atoms with Gasteiger partial charge in [-0.25, -0.2) is 4.39 Å². The summed E-state index contributed by atoms with van der Waals surface area (Å²) in [6.07, 6.45) is 1.51. The van der Waals surface area contributed by atoms with Crippen molar-refractivity contribution in [1.82, 2.24) is 10.2 Å². The first-order valence-corrected chi connectivity index (χ1v) is 10.6. The second-order valence-corrected chi connectivity index (χ2v) is 8.06. The number of nitrogens with one attached hydrogen (secondary N) is 1. The fourth-order valence-electron chi connectivity index (χ4n) is 4.29. The molecule has 2 aliphatic heterocycles. The fraction of sp³-hybridized carbons (Fsp3) is 0.417. The van der Waals surface area contributed by atoms with E-state index < -0.39 is 11.7 Å². The van der Waals surface area contributed by atoms with Crippen molar-refractivity contribution in [2.75, 3.05) is 33.4 Å². The molecule has 6 nitrogen and oxygen atoms in total. The summed E-state index contributed by atoms with van der Waals surface area (Å²) in [5.41, 5.74) is 1.63. The van der Waals surface area contributed by atoms with Crippen LogP contribution in [0.25, 0.3) is 11.1 Å². The van der Waals surface area contributed by atoms with Gasteiger partial charge in [0.15, 0.2) is 5.60 Å². The summed E-state index contributed by atoms with van der Waals surface area (Å²) in [6, 6.07) is 14.1. The second kappa shape index (κ2) is 9.16. The predicted octanol–water partition coefficient (Wildman–Crippen LogP) is 2.56. The van der Waals surface area contributed by atoms with Crippen LogP contribution in [0.15, 0.2) is 48.5 Å². The fourth-order valence-corrected chi connectivity index (χ4v) is 4.29. The molecule has 0 aliphatic carbocycles. The average Bonchev–Trinajstić information content (AvgIpc) is 3.34. The average molecular weight is 426 g/mol. The molecule has 2 atom stereocenters. The summed E-state index contributed by atoms with van der Waals surface area (Å²) in [5.74, 6) is -0.592. The molecule has 0 aromatic heterocycles. The largest absolute Gasteiger partial charge is 0.368 e. The maximum atomic E-state index is 13.2. The van der Waals surface area contributed by atoms with Crippen molar-refractivity contribution in [3.63, 3.8) is 0 Å². The van der Waals surface area contributed by atoms with Gasteiger partial charge in [-0.15, -0.1) is 0 Å². The van der Waals surface area contributed by atoms with Crippen molar-refractivity contribution in [1.29, 1.82) is 0 Å². The van der Waals surface area contributed by atoms with E-state index in [0.717, 1.165) is 23.1 Å². The Kier molecular flexibility index (Phi) is 6.34. The molecule has 31 heavy (non-hydrogen) atoms. The SMILES string of the molecule is CNC(=O)[C@]1(Cc2ccc(-c3ccc(F)cc3)cc2)CN(C(=O)[C@@H]2CCCO2)CCO1. The van der Waals surface area contributed by atoms with Crippen LogP contribution in [0.4, 0.5) is 4.39 Å². The molecule has 2 aromatic rings. The van der Waals surface area contributed by atoms with Gasteiger partial charge in [0.1, 0.15) is 11.9 Å². The monoisotopic (exact) mass is 426 g/mol. The zero-order valence-corrected chi connectivity index (χ0v) is 17.6. The second-order valence-electron chi connectivity index (χ2n) is 8.06. The van der Waals surface area contributed by atoms with Crippen molar-refractivity contribution < 1.29 is 23.5 Å². The highest BCUT2D eigenvalue weighted by molar-refractivity contribution is 5.88. The van der Waals surface area contributed by atoms with E-state index in [9.17, 15) is 14.0 Å². The minimum absolute atomic E-state index is 0.0688. The molecule has 2 fully saturated rings. The molecule has 0 unspecified atom stereocenters. The first-order chi connectivity index (χ1) is 15.0. The van der Waals surface area contributed by atoms with E-state index in [4.69, 9.17) is 9.47 Å². The third-order valence-electron chi connectivity index (χ3n) is 5.96. The molecule has 2 amide bonds. The number of nitrogens with zero attached hydrogens (tertiary/aromatic N) is 1. The van der Waals surface area contributed by atoms with Crippen LogP contribution in [0.5, 0.6) is 0 Å². The Balaban J connectivity index is 1.53. The molecule has 4 rings (SSSR count). The highest BCUT2D eigenvalue weighted by Gasteiger charge is 2.45. The quantitative estimate of drug-likeness (QED) is 0.798. The molecule has 0 radical (unpaired) electrons. The lowest BCUT2D eigenvalue weighted by atomic mass is 9.90. The number of morpholine rings is 1. The smallest absolute Gasteiger partial charge is 0.254 e. The van der Waals surface area contributed by atoms with Crippen molar-refractivity contribution in [3.05, 3.63) is 59.9 Å². The number of ether oxygens (including phenoxy) is 2. The van der Waals surface area contributed by atoms with Crippen molar-refractivity contribution in [2.45, 2.75) is 31.0 Å². The summed E-state index contributed by atoms with van der Waals surface area (Å²) in [5, 5.41) is 2.70.